The molecule has 0 heterocycles. The Hall–Kier alpha value is -2.28. The van der Waals surface area contributed by atoms with Crippen molar-refractivity contribution in [3.05, 3.63) is 77.4 Å². The van der Waals surface area contributed by atoms with Crippen LogP contribution in [0.2, 0.25) is 0 Å². The maximum atomic E-state index is 6.55. The van der Waals surface area contributed by atoms with Gasteiger partial charge in [0.1, 0.15) is 11.9 Å². The average molecular weight is 302 g/mol. The zero-order valence-electron chi connectivity index (χ0n) is 13.8. The molecule has 1 heteroatoms. The van der Waals surface area contributed by atoms with Crippen LogP contribution in [0.15, 0.2) is 60.7 Å². The maximum Gasteiger partial charge on any atom is 0.128 e. The number of fused-ring (bicyclic) bond motifs is 2. The first-order valence-electron chi connectivity index (χ1n) is 8.46. The van der Waals surface area contributed by atoms with Crippen molar-refractivity contribution in [1.29, 1.82) is 0 Å². The molecule has 0 unspecified atom stereocenters. The molecule has 0 aliphatic heterocycles. The van der Waals surface area contributed by atoms with E-state index in [1.807, 2.05) is 0 Å². The molecule has 4 rings (SSSR count). The SMILES string of the molecule is Cc1ccc2c(O[C@H]3c4ccccc4CC[C@@H]3C)cccc2c1. The normalized spacial score (nSPS) is 20.3. The van der Waals surface area contributed by atoms with Gasteiger partial charge in [0.25, 0.3) is 0 Å². The molecule has 0 saturated carbocycles. The van der Waals surface area contributed by atoms with Gasteiger partial charge in [-0.3, -0.25) is 0 Å². The van der Waals surface area contributed by atoms with Gasteiger partial charge >= 0.3 is 0 Å². The molecule has 0 N–H and O–H groups in total. The molecule has 2 atom stereocenters. The summed E-state index contributed by atoms with van der Waals surface area (Å²) in [5, 5.41) is 2.45. The van der Waals surface area contributed by atoms with Crippen LogP contribution in [0.3, 0.4) is 0 Å². The molecule has 0 amide bonds. The van der Waals surface area contributed by atoms with E-state index < -0.39 is 0 Å². The second-order valence-electron chi connectivity index (χ2n) is 6.73. The lowest BCUT2D eigenvalue weighted by Crippen LogP contribution is -2.23. The topological polar surface area (TPSA) is 9.23 Å². The van der Waals surface area contributed by atoms with E-state index in [9.17, 15) is 0 Å². The van der Waals surface area contributed by atoms with Gasteiger partial charge in [0.2, 0.25) is 0 Å². The Bertz CT molecular complexity index is 849. The van der Waals surface area contributed by atoms with Gasteiger partial charge in [0.05, 0.1) is 0 Å². The zero-order valence-corrected chi connectivity index (χ0v) is 13.8. The lowest BCUT2D eigenvalue weighted by molar-refractivity contribution is 0.131. The van der Waals surface area contributed by atoms with Crippen molar-refractivity contribution >= 4 is 10.8 Å². The summed E-state index contributed by atoms with van der Waals surface area (Å²) in [6.07, 6.45) is 2.49. The summed E-state index contributed by atoms with van der Waals surface area (Å²) >= 11 is 0. The molecule has 1 nitrogen and oxygen atoms in total. The highest BCUT2D eigenvalue weighted by molar-refractivity contribution is 5.88. The van der Waals surface area contributed by atoms with E-state index in [0.29, 0.717) is 5.92 Å². The number of aryl methyl sites for hydroxylation is 2. The third kappa shape index (κ3) is 2.61. The van der Waals surface area contributed by atoms with Crippen LogP contribution < -0.4 is 4.74 Å². The highest BCUT2D eigenvalue weighted by Gasteiger charge is 2.28. The minimum Gasteiger partial charge on any atom is -0.485 e. The molecule has 116 valence electrons. The monoisotopic (exact) mass is 302 g/mol. The van der Waals surface area contributed by atoms with Gasteiger partial charge in [-0.1, -0.05) is 67.1 Å². The molecule has 0 saturated heterocycles. The summed E-state index contributed by atoms with van der Waals surface area (Å²) < 4.78 is 6.55. The predicted molar refractivity (Wildman–Crippen MR) is 96.0 cm³/mol. The summed E-state index contributed by atoms with van der Waals surface area (Å²) in [6, 6.07) is 21.6. The molecule has 1 aliphatic rings. The first-order valence-corrected chi connectivity index (χ1v) is 8.46. The first-order chi connectivity index (χ1) is 11.2. The molecular formula is C22H22O. The Morgan fingerprint density at radius 3 is 2.74 bits per heavy atom. The lowest BCUT2D eigenvalue weighted by Gasteiger charge is -2.32. The second kappa shape index (κ2) is 5.73. The summed E-state index contributed by atoms with van der Waals surface area (Å²) in [5.41, 5.74) is 4.08. The Balaban J connectivity index is 1.76. The number of ether oxygens (including phenoxy) is 1. The van der Waals surface area contributed by atoms with E-state index >= 15 is 0 Å². The standard InChI is InChI=1S/C22H22O/c1-15-10-13-19-18(14-15)7-5-9-21(19)23-22-16(2)11-12-17-6-3-4-8-20(17)22/h3-10,13-14,16,22H,11-12H2,1-2H3/t16-,22+/m0/s1. The third-order valence-corrected chi connectivity index (χ3v) is 5.00. The first kappa shape index (κ1) is 14.3. The van der Waals surface area contributed by atoms with Crippen LogP contribution >= 0.6 is 0 Å². The van der Waals surface area contributed by atoms with Crippen molar-refractivity contribution in [3.63, 3.8) is 0 Å². The van der Waals surface area contributed by atoms with Crippen molar-refractivity contribution in [2.45, 2.75) is 32.8 Å². The minimum absolute atomic E-state index is 0.145. The highest BCUT2D eigenvalue weighted by Crippen LogP contribution is 2.39. The fourth-order valence-corrected chi connectivity index (χ4v) is 3.67. The van der Waals surface area contributed by atoms with E-state index in [1.165, 1.54) is 33.9 Å². The van der Waals surface area contributed by atoms with Crippen molar-refractivity contribution in [2.24, 2.45) is 5.92 Å². The van der Waals surface area contributed by atoms with Gasteiger partial charge in [-0.2, -0.15) is 0 Å². The smallest absolute Gasteiger partial charge is 0.128 e. The van der Waals surface area contributed by atoms with Gasteiger partial charge in [-0.05, 0) is 48.3 Å². The Morgan fingerprint density at radius 1 is 0.957 bits per heavy atom. The molecule has 3 aromatic rings. The minimum atomic E-state index is 0.145. The summed E-state index contributed by atoms with van der Waals surface area (Å²) in [5.74, 6) is 1.53. The van der Waals surface area contributed by atoms with E-state index in [4.69, 9.17) is 4.74 Å². The van der Waals surface area contributed by atoms with Gasteiger partial charge < -0.3 is 4.74 Å². The largest absolute Gasteiger partial charge is 0.485 e. The Kier molecular flexibility index (Phi) is 3.57. The van der Waals surface area contributed by atoms with Crippen molar-refractivity contribution < 1.29 is 4.74 Å². The number of hydrogen-bond acceptors (Lipinski definition) is 1. The second-order valence-corrected chi connectivity index (χ2v) is 6.73. The molecule has 1 aliphatic carbocycles. The van der Waals surface area contributed by atoms with Crippen LogP contribution in [0.1, 0.15) is 36.1 Å². The van der Waals surface area contributed by atoms with Crippen molar-refractivity contribution in [1.82, 2.24) is 0 Å². The molecule has 23 heavy (non-hydrogen) atoms. The van der Waals surface area contributed by atoms with Crippen molar-refractivity contribution in [2.75, 3.05) is 0 Å². The van der Waals surface area contributed by atoms with Crippen LogP contribution in [0, 0.1) is 12.8 Å². The quantitative estimate of drug-likeness (QED) is 0.577. The zero-order chi connectivity index (χ0) is 15.8. The van der Waals surface area contributed by atoms with Gasteiger partial charge in [-0.15, -0.1) is 0 Å². The van der Waals surface area contributed by atoms with E-state index in [0.717, 1.165) is 12.2 Å². The average Bonchev–Trinajstić information content (AvgIpc) is 2.57. The van der Waals surface area contributed by atoms with Crippen LogP contribution in [0.25, 0.3) is 10.8 Å². The molecule has 0 aromatic heterocycles. The molecule has 0 spiro atoms. The van der Waals surface area contributed by atoms with Crippen LogP contribution in [-0.4, -0.2) is 0 Å². The Morgan fingerprint density at radius 2 is 1.83 bits per heavy atom. The van der Waals surface area contributed by atoms with Gasteiger partial charge in [-0.25, -0.2) is 0 Å². The fourth-order valence-electron chi connectivity index (χ4n) is 3.67. The molecule has 0 fully saturated rings. The fraction of sp³-hybridized carbons (Fsp3) is 0.273. The molecule has 3 aromatic carbocycles. The molecular weight excluding hydrogens is 280 g/mol. The van der Waals surface area contributed by atoms with Gasteiger partial charge in [0.15, 0.2) is 0 Å². The molecule has 0 bridgehead atoms. The maximum absolute atomic E-state index is 6.55. The van der Waals surface area contributed by atoms with Crippen molar-refractivity contribution in [3.8, 4) is 5.75 Å². The number of benzene rings is 3. The van der Waals surface area contributed by atoms with E-state index in [1.54, 1.807) is 0 Å². The summed E-state index contributed by atoms with van der Waals surface area (Å²) in [6.45, 7) is 4.43. The van der Waals surface area contributed by atoms with E-state index in [-0.39, 0.29) is 6.10 Å². The third-order valence-electron chi connectivity index (χ3n) is 5.00. The lowest BCUT2D eigenvalue weighted by atomic mass is 9.82. The molecule has 0 radical (unpaired) electrons. The number of rotatable bonds is 2. The summed E-state index contributed by atoms with van der Waals surface area (Å²) in [4.78, 5) is 0. The predicted octanol–water partition coefficient (Wildman–Crippen LogP) is 5.85. The highest BCUT2D eigenvalue weighted by atomic mass is 16.5. The van der Waals surface area contributed by atoms with Crippen LogP contribution in [0.4, 0.5) is 0 Å². The van der Waals surface area contributed by atoms with Crippen LogP contribution in [0.5, 0.6) is 5.75 Å². The van der Waals surface area contributed by atoms with Gasteiger partial charge in [0, 0.05) is 5.39 Å². The van der Waals surface area contributed by atoms with E-state index in [2.05, 4.69) is 74.5 Å². The van der Waals surface area contributed by atoms with Crippen LogP contribution in [-0.2, 0) is 6.42 Å². The summed E-state index contributed by atoms with van der Waals surface area (Å²) in [7, 11) is 0. The Labute approximate surface area is 137 Å². The number of hydrogen-bond donors (Lipinski definition) is 0.